The zero-order valence-electron chi connectivity index (χ0n) is 17.1. The lowest BCUT2D eigenvalue weighted by atomic mass is 9.77. The molecule has 138 valence electrons. The van der Waals surface area contributed by atoms with Crippen molar-refractivity contribution < 1.29 is 0 Å². The fourth-order valence-electron chi connectivity index (χ4n) is 3.77. The maximum absolute atomic E-state index is 2.35. The average Bonchev–Trinajstić information content (AvgIpc) is 2.73. The second-order valence-electron chi connectivity index (χ2n) is 6.49. The lowest BCUT2D eigenvalue weighted by molar-refractivity contribution is 0.308. The van der Waals surface area contributed by atoms with Crippen LogP contribution in [0.1, 0.15) is 84.6 Å². The van der Waals surface area contributed by atoms with Crippen LogP contribution in [0.15, 0.2) is 54.6 Å². The highest BCUT2D eigenvalue weighted by Gasteiger charge is 2.21. The Morgan fingerprint density at radius 1 is 0.680 bits per heavy atom. The van der Waals surface area contributed by atoms with Gasteiger partial charge in [0.15, 0.2) is 0 Å². The summed E-state index contributed by atoms with van der Waals surface area (Å²) in [5, 5.41) is 0. The summed E-state index contributed by atoms with van der Waals surface area (Å²) in [5.41, 5.74) is 4.19. The molecule has 0 aliphatic heterocycles. The van der Waals surface area contributed by atoms with Gasteiger partial charge >= 0.3 is 0 Å². The molecular weight excluding hydrogens is 300 g/mol. The molecule has 0 unspecified atom stereocenters. The highest BCUT2D eigenvalue weighted by atomic mass is 14.3. The molecule has 0 heterocycles. The van der Waals surface area contributed by atoms with E-state index >= 15 is 0 Å². The Labute approximate surface area is 156 Å². The lowest BCUT2D eigenvalue weighted by Gasteiger charge is -2.28. The molecule has 2 aromatic carbocycles. The van der Waals surface area contributed by atoms with Gasteiger partial charge in [-0.2, -0.15) is 0 Å². The summed E-state index contributed by atoms with van der Waals surface area (Å²) in [7, 11) is 0. The largest absolute Gasteiger partial charge is 0.0683 e. The maximum atomic E-state index is 2.35. The van der Waals surface area contributed by atoms with Gasteiger partial charge in [-0.15, -0.1) is 0 Å². The van der Waals surface area contributed by atoms with E-state index in [1.165, 1.54) is 49.7 Å². The van der Waals surface area contributed by atoms with Crippen LogP contribution in [0, 0.1) is 5.92 Å². The second-order valence-corrected chi connectivity index (χ2v) is 6.49. The third-order valence-electron chi connectivity index (χ3n) is 5.03. The van der Waals surface area contributed by atoms with Gasteiger partial charge in [0.25, 0.3) is 0 Å². The smallest absolute Gasteiger partial charge is 0.0162 e. The molecule has 0 spiro atoms. The Morgan fingerprint density at radius 2 is 1.20 bits per heavy atom. The first kappa shape index (κ1) is 21.5. The van der Waals surface area contributed by atoms with Crippen LogP contribution < -0.4 is 0 Å². The summed E-state index contributed by atoms with van der Waals surface area (Å²) in [6, 6.07) is 20.0. The highest BCUT2D eigenvalue weighted by molar-refractivity contribution is 5.63. The van der Waals surface area contributed by atoms with Crippen LogP contribution in [0.4, 0.5) is 0 Å². The molecule has 25 heavy (non-hydrogen) atoms. The monoisotopic (exact) mass is 338 g/mol. The summed E-state index contributed by atoms with van der Waals surface area (Å²) in [6.45, 7) is 10.3. The zero-order valence-corrected chi connectivity index (χ0v) is 17.1. The van der Waals surface area contributed by atoms with Gasteiger partial charge in [-0.05, 0) is 54.2 Å². The van der Waals surface area contributed by atoms with Gasteiger partial charge in [-0.3, -0.25) is 0 Å². The standard InChI is InChI=1S/C21H26.2C2H6/c1-2-6-17-9-11-19(12-10-17)21-15-13-20(14-16-21)18-7-4-3-5-8-18;2*1-2/h3-5,7-8,13-17,19H,2,6,9-12H2,1H3;2*1-2H3. The molecule has 0 atom stereocenters. The number of rotatable bonds is 4. The van der Waals surface area contributed by atoms with E-state index in [-0.39, 0.29) is 0 Å². The first-order valence-electron chi connectivity index (χ1n) is 10.5. The van der Waals surface area contributed by atoms with Crippen molar-refractivity contribution in [2.24, 2.45) is 5.92 Å². The predicted molar refractivity (Wildman–Crippen MR) is 114 cm³/mol. The predicted octanol–water partition coefficient (Wildman–Crippen LogP) is 8.48. The molecule has 0 N–H and O–H groups in total. The van der Waals surface area contributed by atoms with E-state index in [4.69, 9.17) is 0 Å². The minimum absolute atomic E-state index is 0.794. The number of hydrogen-bond donors (Lipinski definition) is 0. The molecule has 1 fully saturated rings. The van der Waals surface area contributed by atoms with Gasteiger partial charge in [0.05, 0.1) is 0 Å². The molecule has 0 saturated heterocycles. The Morgan fingerprint density at radius 3 is 1.72 bits per heavy atom. The van der Waals surface area contributed by atoms with E-state index in [0.717, 1.165) is 11.8 Å². The molecule has 0 bridgehead atoms. The van der Waals surface area contributed by atoms with Crippen LogP contribution in [0.3, 0.4) is 0 Å². The summed E-state index contributed by atoms with van der Waals surface area (Å²) >= 11 is 0. The lowest BCUT2D eigenvalue weighted by Crippen LogP contribution is -2.13. The van der Waals surface area contributed by atoms with Crippen LogP contribution in [-0.4, -0.2) is 0 Å². The Kier molecular flexibility index (Phi) is 11.0. The second kappa shape index (κ2) is 12.8. The van der Waals surface area contributed by atoms with E-state index in [9.17, 15) is 0 Å². The van der Waals surface area contributed by atoms with Crippen molar-refractivity contribution >= 4 is 0 Å². The zero-order chi connectivity index (χ0) is 18.5. The molecule has 0 nitrogen and oxygen atoms in total. The fraction of sp³-hybridized carbons (Fsp3) is 0.520. The molecule has 0 radical (unpaired) electrons. The molecule has 0 heteroatoms. The van der Waals surface area contributed by atoms with Gasteiger partial charge in [-0.25, -0.2) is 0 Å². The third-order valence-corrected chi connectivity index (χ3v) is 5.03. The van der Waals surface area contributed by atoms with Crippen molar-refractivity contribution in [3.63, 3.8) is 0 Å². The SMILES string of the molecule is CC.CC.CCCC1CCC(c2ccc(-c3ccccc3)cc2)CC1. The molecular formula is C25H38. The van der Waals surface area contributed by atoms with Gasteiger partial charge < -0.3 is 0 Å². The van der Waals surface area contributed by atoms with Crippen molar-refractivity contribution in [3.05, 3.63) is 60.2 Å². The molecule has 2 aromatic rings. The van der Waals surface area contributed by atoms with Crippen molar-refractivity contribution in [2.45, 2.75) is 79.1 Å². The van der Waals surface area contributed by atoms with Crippen molar-refractivity contribution in [2.75, 3.05) is 0 Å². The van der Waals surface area contributed by atoms with E-state index in [1.54, 1.807) is 5.56 Å². The fourth-order valence-corrected chi connectivity index (χ4v) is 3.77. The van der Waals surface area contributed by atoms with Crippen LogP contribution in [0.25, 0.3) is 11.1 Å². The Bertz CT molecular complexity index is 530. The first-order valence-corrected chi connectivity index (χ1v) is 10.5. The van der Waals surface area contributed by atoms with Gasteiger partial charge in [0.1, 0.15) is 0 Å². The summed E-state index contributed by atoms with van der Waals surface area (Å²) < 4.78 is 0. The summed E-state index contributed by atoms with van der Waals surface area (Å²) in [4.78, 5) is 0. The van der Waals surface area contributed by atoms with Gasteiger partial charge in [-0.1, -0.05) is 102 Å². The minimum atomic E-state index is 0.794. The molecule has 3 rings (SSSR count). The topological polar surface area (TPSA) is 0 Å². The van der Waals surface area contributed by atoms with Crippen molar-refractivity contribution in [1.29, 1.82) is 0 Å². The minimum Gasteiger partial charge on any atom is -0.0683 e. The highest BCUT2D eigenvalue weighted by Crippen LogP contribution is 2.37. The van der Waals surface area contributed by atoms with E-state index in [2.05, 4.69) is 61.5 Å². The molecule has 1 saturated carbocycles. The maximum Gasteiger partial charge on any atom is -0.0162 e. The first-order chi connectivity index (χ1) is 12.4. The van der Waals surface area contributed by atoms with Gasteiger partial charge in [0, 0.05) is 0 Å². The van der Waals surface area contributed by atoms with Crippen LogP contribution in [0.5, 0.6) is 0 Å². The van der Waals surface area contributed by atoms with E-state index in [1.807, 2.05) is 27.7 Å². The van der Waals surface area contributed by atoms with Gasteiger partial charge in [0.2, 0.25) is 0 Å². The van der Waals surface area contributed by atoms with Crippen molar-refractivity contribution in [1.82, 2.24) is 0 Å². The third kappa shape index (κ3) is 6.69. The molecule has 0 aromatic heterocycles. The molecule has 0 amide bonds. The van der Waals surface area contributed by atoms with Crippen LogP contribution >= 0.6 is 0 Å². The van der Waals surface area contributed by atoms with E-state index in [0.29, 0.717) is 0 Å². The summed E-state index contributed by atoms with van der Waals surface area (Å²) in [6.07, 6.45) is 8.41. The number of benzene rings is 2. The Balaban J connectivity index is 0.000000730. The quantitative estimate of drug-likeness (QED) is 0.524. The molecule has 1 aliphatic rings. The normalized spacial score (nSPS) is 19.1. The van der Waals surface area contributed by atoms with E-state index < -0.39 is 0 Å². The Hall–Kier alpha value is -1.56. The van der Waals surface area contributed by atoms with Crippen LogP contribution in [0.2, 0.25) is 0 Å². The number of hydrogen-bond acceptors (Lipinski definition) is 0. The van der Waals surface area contributed by atoms with Crippen LogP contribution in [-0.2, 0) is 0 Å². The summed E-state index contributed by atoms with van der Waals surface area (Å²) in [5.74, 6) is 1.79. The average molecular weight is 339 g/mol. The molecule has 1 aliphatic carbocycles. The van der Waals surface area contributed by atoms with Crippen molar-refractivity contribution in [3.8, 4) is 11.1 Å².